The summed E-state index contributed by atoms with van der Waals surface area (Å²) in [4.78, 5) is 25.8. The summed E-state index contributed by atoms with van der Waals surface area (Å²) in [5, 5.41) is 9.95. The lowest BCUT2D eigenvalue weighted by molar-refractivity contribution is 0.0694. The molecule has 19 heavy (non-hydrogen) atoms. The van der Waals surface area contributed by atoms with E-state index in [2.05, 4.69) is 4.98 Å². The maximum absolute atomic E-state index is 11.9. The zero-order valence-electron chi connectivity index (χ0n) is 11.0. The highest BCUT2D eigenvalue weighted by Crippen LogP contribution is 2.29. The summed E-state index contributed by atoms with van der Waals surface area (Å²) in [6.45, 7) is 3.71. The van der Waals surface area contributed by atoms with E-state index in [9.17, 15) is 14.7 Å². The van der Waals surface area contributed by atoms with E-state index in [1.54, 1.807) is 6.07 Å². The topological polar surface area (TPSA) is 79.4 Å². The Balaban J connectivity index is 3.06. The van der Waals surface area contributed by atoms with Gasteiger partial charge < -0.3 is 14.8 Å². The number of fused-ring (bicyclic) bond motifs is 1. The molecule has 0 saturated heterocycles. The molecule has 0 atom stereocenters. The molecule has 0 unspecified atom stereocenters. The first-order chi connectivity index (χ1) is 9.01. The van der Waals surface area contributed by atoms with Crippen LogP contribution in [0.15, 0.2) is 16.9 Å². The summed E-state index contributed by atoms with van der Waals surface area (Å²) in [6.07, 6.45) is 0.468. The van der Waals surface area contributed by atoms with Gasteiger partial charge in [-0.25, -0.2) is 4.79 Å². The Morgan fingerprint density at radius 3 is 2.63 bits per heavy atom. The molecule has 5 nitrogen and oxygen atoms in total. The van der Waals surface area contributed by atoms with Gasteiger partial charge in [0.2, 0.25) is 0 Å². The van der Waals surface area contributed by atoms with Crippen LogP contribution in [0.4, 0.5) is 0 Å². The Morgan fingerprint density at radius 2 is 2.11 bits per heavy atom. The van der Waals surface area contributed by atoms with E-state index in [1.807, 2.05) is 19.9 Å². The Hall–Kier alpha value is -2.30. The van der Waals surface area contributed by atoms with Crippen molar-refractivity contribution in [2.75, 3.05) is 7.11 Å². The van der Waals surface area contributed by atoms with Crippen LogP contribution < -0.4 is 10.3 Å². The molecular formula is C14H15NO4. The molecule has 2 N–H and O–H groups in total. The number of aromatic amines is 1. The molecular weight excluding hydrogens is 246 g/mol. The maximum atomic E-state index is 11.9. The van der Waals surface area contributed by atoms with Gasteiger partial charge in [0, 0.05) is 5.39 Å². The minimum atomic E-state index is -1.21. The number of methoxy groups -OCH3 is 1. The van der Waals surface area contributed by atoms with Gasteiger partial charge in [-0.3, -0.25) is 4.79 Å². The Bertz CT molecular complexity index is 715. The third-order valence-corrected chi connectivity index (χ3v) is 3.23. The molecule has 0 amide bonds. The second-order valence-corrected chi connectivity index (χ2v) is 4.30. The molecule has 0 aliphatic rings. The number of aromatic nitrogens is 1. The average molecular weight is 261 g/mol. The third-order valence-electron chi connectivity index (χ3n) is 3.23. The van der Waals surface area contributed by atoms with Crippen molar-refractivity contribution in [2.45, 2.75) is 20.3 Å². The van der Waals surface area contributed by atoms with Crippen LogP contribution >= 0.6 is 0 Å². The van der Waals surface area contributed by atoms with Crippen LogP contribution in [-0.2, 0) is 6.42 Å². The van der Waals surface area contributed by atoms with Crippen molar-refractivity contribution in [3.8, 4) is 5.75 Å². The van der Waals surface area contributed by atoms with Crippen LogP contribution in [0.5, 0.6) is 5.75 Å². The van der Waals surface area contributed by atoms with Gasteiger partial charge in [-0.05, 0) is 30.5 Å². The number of aromatic carboxylic acids is 1. The number of carbonyl (C=O) groups is 1. The lowest BCUT2D eigenvalue weighted by Gasteiger charge is -2.13. The summed E-state index contributed by atoms with van der Waals surface area (Å²) in [5.74, 6) is -0.674. The van der Waals surface area contributed by atoms with Crippen molar-refractivity contribution in [1.29, 1.82) is 0 Å². The monoisotopic (exact) mass is 261 g/mol. The standard InChI is InChI=1S/C14H15NO4/c1-4-8-10-7(2)5-6-9(19-3)12(10)15-13(16)11(8)14(17)18/h5-6H,4H2,1-3H3,(H,15,16)(H,17,18). The van der Waals surface area contributed by atoms with E-state index in [0.717, 1.165) is 10.9 Å². The lowest BCUT2D eigenvalue weighted by atomic mass is 9.97. The van der Waals surface area contributed by atoms with Crippen LogP contribution in [0.1, 0.15) is 28.4 Å². The highest BCUT2D eigenvalue weighted by atomic mass is 16.5. The fraction of sp³-hybridized carbons (Fsp3) is 0.286. The number of hydrogen-bond acceptors (Lipinski definition) is 3. The first kappa shape index (κ1) is 13.1. The molecule has 0 radical (unpaired) electrons. The third kappa shape index (κ3) is 1.97. The number of benzene rings is 1. The highest BCUT2D eigenvalue weighted by Gasteiger charge is 2.20. The molecule has 1 aromatic heterocycles. The normalized spacial score (nSPS) is 10.7. The number of nitrogens with one attached hydrogen (secondary N) is 1. The molecule has 0 spiro atoms. The van der Waals surface area contributed by atoms with Crippen molar-refractivity contribution in [1.82, 2.24) is 4.98 Å². The van der Waals surface area contributed by atoms with Gasteiger partial charge in [0.25, 0.3) is 5.56 Å². The zero-order chi connectivity index (χ0) is 14.2. The minimum Gasteiger partial charge on any atom is -0.495 e. The number of carboxylic acid groups (broad SMARTS) is 1. The summed E-state index contributed by atoms with van der Waals surface area (Å²) in [5.41, 5.74) is 1.22. The molecule has 0 aliphatic heterocycles. The van der Waals surface area contributed by atoms with Crippen molar-refractivity contribution in [2.24, 2.45) is 0 Å². The largest absolute Gasteiger partial charge is 0.495 e. The maximum Gasteiger partial charge on any atom is 0.341 e. The number of carboxylic acids is 1. The summed E-state index contributed by atoms with van der Waals surface area (Å²) in [6, 6.07) is 3.61. The van der Waals surface area contributed by atoms with Crippen molar-refractivity contribution >= 4 is 16.9 Å². The second kappa shape index (κ2) is 4.76. The zero-order valence-corrected chi connectivity index (χ0v) is 11.0. The number of pyridine rings is 1. The molecule has 1 heterocycles. The van der Waals surface area contributed by atoms with E-state index >= 15 is 0 Å². The average Bonchev–Trinajstić information content (AvgIpc) is 2.37. The number of ether oxygens (including phenoxy) is 1. The number of rotatable bonds is 3. The molecule has 5 heteroatoms. The molecule has 1 aromatic carbocycles. The Kier molecular flexibility index (Phi) is 3.29. The smallest absolute Gasteiger partial charge is 0.341 e. The van der Waals surface area contributed by atoms with E-state index < -0.39 is 11.5 Å². The van der Waals surface area contributed by atoms with Gasteiger partial charge in [-0.1, -0.05) is 13.0 Å². The van der Waals surface area contributed by atoms with Crippen molar-refractivity contribution in [3.05, 3.63) is 39.2 Å². The quantitative estimate of drug-likeness (QED) is 0.886. The van der Waals surface area contributed by atoms with Crippen LogP contribution in [0, 0.1) is 6.92 Å². The predicted molar refractivity (Wildman–Crippen MR) is 72.2 cm³/mol. The Labute approximate surface area is 109 Å². The minimum absolute atomic E-state index is 0.189. The molecule has 0 bridgehead atoms. The second-order valence-electron chi connectivity index (χ2n) is 4.30. The van der Waals surface area contributed by atoms with E-state index in [-0.39, 0.29) is 5.56 Å². The number of H-pyrrole nitrogens is 1. The van der Waals surface area contributed by atoms with E-state index in [1.165, 1.54) is 7.11 Å². The van der Waals surface area contributed by atoms with Crippen LogP contribution in [0.2, 0.25) is 0 Å². The predicted octanol–water partition coefficient (Wildman–Crippen LogP) is 2.11. The van der Waals surface area contributed by atoms with Crippen molar-refractivity contribution < 1.29 is 14.6 Å². The number of hydrogen-bond donors (Lipinski definition) is 2. The van der Waals surface area contributed by atoms with Gasteiger partial charge in [0.05, 0.1) is 12.6 Å². The lowest BCUT2D eigenvalue weighted by Crippen LogP contribution is -2.21. The van der Waals surface area contributed by atoms with Gasteiger partial charge in [0.15, 0.2) is 0 Å². The SMILES string of the molecule is CCc1c(C(=O)O)c(=O)[nH]c2c(OC)ccc(C)c12. The van der Waals surface area contributed by atoms with Gasteiger partial charge in [-0.15, -0.1) is 0 Å². The Morgan fingerprint density at radius 1 is 1.42 bits per heavy atom. The van der Waals surface area contributed by atoms with Crippen LogP contribution in [0.25, 0.3) is 10.9 Å². The summed E-state index contributed by atoms with van der Waals surface area (Å²) >= 11 is 0. The fourth-order valence-corrected chi connectivity index (χ4v) is 2.39. The molecule has 100 valence electrons. The molecule has 2 rings (SSSR count). The van der Waals surface area contributed by atoms with Crippen LogP contribution in [-0.4, -0.2) is 23.2 Å². The van der Waals surface area contributed by atoms with E-state index in [0.29, 0.717) is 23.3 Å². The van der Waals surface area contributed by atoms with Gasteiger partial charge in [-0.2, -0.15) is 0 Å². The molecule has 0 aliphatic carbocycles. The molecule has 0 saturated carbocycles. The first-order valence-electron chi connectivity index (χ1n) is 5.97. The highest BCUT2D eigenvalue weighted by molar-refractivity contribution is 5.98. The van der Waals surface area contributed by atoms with E-state index in [4.69, 9.17) is 4.74 Å². The van der Waals surface area contributed by atoms with Gasteiger partial charge >= 0.3 is 5.97 Å². The molecule has 2 aromatic rings. The first-order valence-corrected chi connectivity index (χ1v) is 5.97. The fourth-order valence-electron chi connectivity index (χ4n) is 2.39. The van der Waals surface area contributed by atoms with Gasteiger partial charge in [0.1, 0.15) is 11.3 Å². The van der Waals surface area contributed by atoms with Crippen molar-refractivity contribution in [3.63, 3.8) is 0 Å². The number of aryl methyl sites for hydroxylation is 2. The van der Waals surface area contributed by atoms with Crippen LogP contribution in [0.3, 0.4) is 0 Å². The molecule has 0 fully saturated rings. The summed E-state index contributed by atoms with van der Waals surface area (Å²) < 4.78 is 5.22. The summed E-state index contributed by atoms with van der Waals surface area (Å²) in [7, 11) is 1.51.